The van der Waals surface area contributed by atoms with Gasteiger partial charge in [0.25, 0.3) is 0 Å². The molecule has 0 saturated heterocycles. The fourth-order valence-electron chi connectivity index (χ4n) is 3.64. The summed E-state index contributed by atoms with van der Waals surface area (Å²) in [5, 5.41) is 2.19. The maximum Gasteiger partial charge on any atom is 0.148 e. The normalized spacial score (nSPS) is 17.4. The Morgan fingerprint density at radius 2 is 1.96 bits per heavy atom. The van der Waals surface area contributed by atoms with E-state index in [0.29, 0.717) is 5.92 Å². The second-order valence-electron chi connectivity index (χ2n) is 6.52. The van der Waals surface area contributed by atoms with Gasteiger partial charge in [-0.15, -0.1) is 0 Å². The number of fused-ring (bicyclic) bond motifs is 2. The van der Waals surface area contributed by atoms with Crippen molar-refractivity contribution >= 4 is 21.8 Å². The zero-order valence-electron chi connectivity index (χ0n) is 13.8. The van der Waals surface area contributed by atoms with Gasteiger partial charge in [0.15, 0.2) is 0 Å². The number of hydrogen-bond acceptors (Lipinski definition) is 3. The van der Waals surface area contributed by atoms with Gasteiger partial charge in [0.1, 0.15) is 11.6 Å². The van der Waals surface area contributed by atoms with Crippen molar-refractivity contribution in [2.24, 2.45) is 0 Å². The lowest BCUT2D eigenvalue weighted by atomic mass is 9.93. The van der Waals surface area contributed by atoms with Gasteiger partial charge in [-0.05, 0) is 43.5 Å². The van der Waals surface area contributed by atoms with Crippen LogP contribution in [0.3, 0.4) is 0 Å². The van der Waals surface area contributed by atoms with E-state index in [0.717, 1.165) is 52.7 Å². The highest BCUT2D eigenvalue weighted by molar-refractivity contribution is 5.89. The number of aromatic nitrogens is 4. The predicted molar refractivity (Wildman–Crippen MR) is 99.9 cm³/mol. The number of para-hydroxylation sites is 1. The lowest BCUT2D eigenvalue weighted by Gasteiger charge is -2.18. The van der Waals surface area contributed by atoms with Crippen molar-refractivity contribution in [3.05, 3.63) is 73.0 Å². The first-order valence-corrected chi connectivity index (χ1v) is 8.73. The summed E-state index contributed by atoms with van der Waals surface area (Å²) in [4.78, 5) is 14.1. The summed E-state index contributed by atoms with van der Waals surface area (Å²) < 4.78 is 2.16. The van der Waals surface area contributed by atoms with E-state index in [2.05, 4.69) is 46.1 Å². The topological polar surface area (TPSA) is 43.6 Å². The minimum atomic E-state index is 0.400. The SMILES string of the molecule is C1=CCC(c2nc(-n3ccc4cnccc43)c3ccccc3n2)CC1. The third kappa shape index (κ3) is 2.41. The highest BCUT2D eigenvalue weighted by Crippen LogP contribution is 2.30. The summed E-state index contributed by atoms with van der Waals surface area (Å²) in [7, 11) is 0. The van der Waals surface area contributed by atoms with E-state index in [4.69, 9.17) is 9.97 Å². The minimum absolute atomic E-state index is 0.400. The third-order valence-corrected chi connectivity index (χ3v) is 4.95. The Balaban J connectivity index is 1.77. The average Bonchev–Trinajstić information content (AvgIpc) is 3.12. The summed E-state index contributed by atoms with van der Waals surface area (Å²) in [6.07, 6.45) is 13.5. The molecule has 4 aromatic rings. The van der Waals surface area contributed by atoms with Gasteiger partial charge in [-0.1, -0.05) is 24.3 Å². The highest BCUT2D eigenvalue weighted by atomic mass is 15.1. The average molecular weight is 326 g/mol. The first-order chi connectivity index (χ1) is 12.4. The Hall–Kier alpha value is -3.01. The lowest BCUT2D eigenvalue weighted by Crippen LogP contribution is -2.09. The molecule has 5 rings (SSSR count). The molecule has 0 saturated carbocycles. The van der Waals surface area contributed by atoms with Crippen molar-refractivity contribution in [3.63, 3.8) is 0 Å². The van der Waals surface area contributed by atoms with Gasteiger partial charge in [0.2, 0.25) is 0 Å². The van der Waals surface area contributed by atoms with Crippen molar-refractivity contribution in [1.29, 1.82) is 0 Å². The van der Waals surface area contributed by atoms with Gasteiger partial charge >= 0.3 is 0 Å². The number of pyridine rings is 1. The predicted octanol–water partition coefficient (Wildman–Crippen LogP) is 4.79. The molecule has 0 radical (unpaired) electrons. The van der Waals surface area contributed by atoms with Crippen LogP contribution in [0.4, 0.5) is 0 Å². The summed E-state index contributed by atoms with van der Waals surface area (Å²) >= 11 is 0. The molecule has 25 heavy (non-hydrogen) atoms. The van der Waals surface area contributed by atoms with E-state index in [-0.39, 0.29) is 0 Å². The Morgan fingerprint density at radius 1 is 1.00 bits per heavy atom. The van der Waals surface area contributed by atoms with E-state index in [1.54, 1.807) is 0 Å². The quantitative estimate of drug-likeness (QED) is 0.497. The molecule has 1 aliphatic rings. The number of hydrogen-bond donors (Lipinski definition) is 0. The Morgan fingerprint density at radius 3 is 2.88 bits per heavy atom. The van der Waals surface area contributed by atoms with Crippen molar-refractivity contribution < 1.29 is 0 Å². The molecule has 1 atom stereocenters. The van der Waals surface area contributed by atoms with Crippen molar-refractivity contribution in [3.8, 4) is 5.82 Å². The van der Waals surface area contributed by atoms with Crippen LogP contribution in [0.25, 0.3) is 27.6 Å². The monoisotopic (exact) mass is 326 g/mol. The Bertz CT molecular complexity index is 1090. The zero-order valence-corrected chi connectivity index (χ0v) is 13.8. The van der Waals surface area contributed by atoms with Crippen LogP contribution in [0.2, 0.25) is 0 Å². The molecule has 0 aliphatic heterocycles. The summed E-state index contributed by atoms with van der Waals surface area (Å²) in [5.41, 5.74) is 2.13. The van der Waals surface area contributed by atoms with Crippen molar-refractivity contribution in [2.75, 3.05) is 0 Å². The van der Waals surface area contributed by atoms with Crippen molar-refractivity contribution in [2.45, 2.75) is 25.2 Å². The first kappa shape index (κ1) is 14.3. The smallest absolute Gasteiger partial charge is 0.148 e. The molecule has 0 amide bonds. The van der Waals surface area contributed by atoms with E-state index in [1.165, 1.54) is 0 Å². The number of allylic oxidation sites excluding steroid dienone is 2. The molecule has 0 N–H and O–H groups in total. The van der Waals surface area contributed by atoms with Crippen molar-refractivity contribution in [1.82, 2.24) is 19.5 Å². The summed E-state index contributed by atoms with van der Waals surface area (Å²) in [6.45, 7) is 0. The number of nitrogens with zero attached hydrogens (tertiary/aromatic N) is 4. The highest BCUT2D eigenvalue weighted by Gasteiger charge is 2.19. The molecule has 0 fully saturated rings. The van der Waals surface area contributed by atoms with Crippen LogP contribution in [0.5, 0.6) is 0 Å². The van der Waals surface area contributed by atoms with Gasteiger partial charge in [-0.2, -0.15) is 0 Å². The molecule has 3 aromatic heterocycles. The molecule has 0 bridgehead atoms. The lowest BCUT2D eigenvalue weighted by molar-refractivity contribution is 0.583. The molecule has 122 valence electrons. The number of rotatable bonds is 2. The van der Waals surface area contributed by atoms with E-state index >= 15 is 0 Å². The molecule has 1 aromatic carbocycles. The fraction of sp³-hybridized carbons (Fsp3) is 0.190. The molecule has 0 spiro atoms. The maximum atomic E-state index is 5.01. The van der Waals surface area contributed by atoms with Gasteiger partial charge < -0.3 is 4.57 Å². The maximum absolute atomic E-state index is 5.01. The van der Waals surface area contributed by atoms with Crippen LogP contribution in [0.15, 0.2) is 67.1 Å². The second-order valence-corrected chi connectivity index (χ2v) is 6.52. The zero-order chi connectivity index (χ0) is 16.6. The summed E-state index contributed by atoms with van der Waals surface area (Å²) in [6, 6.07) is 12.4. The number of benzene rings is 1. The van der Waals surface area contributed by atoms with E-state index in [9.17, 15) is 0 Å². The van der Waals surface area contributed by atoms with E-state index in [1.807, 2.05) is 30.6 Å². The molecule has 4 nitrogen and oxygen atoms in total. The largest absolute Gasteiger partial charge is 0.300 e. The van der Waals surface area contributed by atoms with Crippen LogP contribution in [-0.4, -0.2) is 19.5 Å². The first-order valence-electron chi connectivity index (χ1n) is 8.73. The van der Waals surface area contributed by atoms with Crippen LogP contribution >= 0.6 is 0 Å². The molecule has 4 heteroatoms. The molecular formula is C21H18N4. The second kappa shape index (κ2) is 5.81. The van der Waals surface area contributed by atoms with Gasteiger partial charge in [-0.3, -0.25) is 4.98 Å². The minimum Gasteiger partial charge on any atom is -0.300 e. The van der Waals surface area contributed by atoms with Crippen LogP contribution in [0, 0.1) is 0 Å². The fourth-order valence-corrected chi connectivity index (χ4v) is 3.64. The van der Waals surface area contributed by atoms with Gasteiger partial charge in [0.05, 0.1) is 11.0 Å². The van der Waals surface area contributed by atoms with Gasteiger partial charge in [-0.25, -0.2) is 9.97 Å². The van der Waals surface area contributed by atoms with Crippen LogP contribution < -0.4 is 0 Å². The Labute approximate surface area is 145 Å². The third-order valence-electron chi connectivity index (χ3n) is 4.95. The van der Waals surface area contributed by atoms with E-state index < -0.39 is 0 Å². The molecular weight excluding hydrogens is 308 g/mol. The standard InChI is InChI=1S/C21H18N4/c1-2-6-15(7-3-1)20-23-18-9-5-4-8-17(18)21(24-20)25-13-11-16-14-22-12-10-19(16)25/h1-2,4-5,8-15H,3,6-7H2. The molecule has 1 aliphatic carbocycles. The van der Waals surface area contributed by atoms with Crippen LogP contribution in [0.1, 0.15) is 31.0 Å². The molecule has 1 unspecified atom stereocenters. The Kier molecular flexibility index (Phi) is 3.33. The van der Waals surface area contributed by atoms with Gasteiger partial charge in [0, 0.05) is 35.3 Å². The molecule has 3 heterocycles. The van der Waals surface area contributed by atoms with Crippen LogP contribution in [-0.2, 0) is 0 Å². The summed E-state index contributed by atoms with van der Waals surface area (Å²) in [5.74, 6) is 2.31.